The van der Waals surface area contributed by atoms with Gasteiger partial charge in [-0.1, -0.05) is 0 Å². The van der Waals surface area contributed by atoms with Crippen molar-refractivity contribution >= 4 is 50.8 Å². The van der Waals surface area contributed by atoms with Crippen molar-refractivity contribution in [3.05, 3.63) is 35.2 Å². The van der Waals surface area contributed by atoms with Crippen LogP contribution < -0.4 is 10.6 Å². The molecule has 2 heterocycles. The molecule has 0 bridgehead atoms. The van der Waals surface area contributed by atoms with Crippen molar-refractivity contribution < 1.29 is 0 Å². The van der Waals surface area contributed by atoms with Gasteiger partial charge in [0.1, 0.15) is 10.6 Å². The molecule has 0 aliphatic carbocycles. The molecule has 3 rings (SSSR count). The van der Waals surface area contributed by atoms with E-state index in [-0.39, 0.29) is 0 Å². The van der Waals surface area contributed by atoms with E-state index in [2.05, 4.69) is 64.1 Å². The molecule has 21 heavy (non-hydrogen) atoms. The number of aryl methyl sites for hydroxylation is 1. The highest BCUT2D eigenvalue weighted by Gasteiger charge is 2.10. The topological polar surface area (TPSA) is 49.8 Å². The average Bonchev–Trinajstić information content (AvgIpc) is 2.88. The van der Waals surface area contributed by atoms with Gasteiger partial charge in [-0.25, -0.2) is 4.98 Å². The van der Waals surface area contributed by atoms with Crippen LogP contribution in [-0.2, 0) is 0 Å². The second-order valence-electron chi connectivity index (χ2n) is 4.58. The summed E-state index contributed by atoms with van der Waals surface area (Å²) in [6.07, 6.45) is 2.07. The molecule has 0 saturated carbocycles. The molecule has 2 aromatic heterocycles. The molecule has 0 spiro atoms. The number of anilines is 3. The highest BCUT2D eigenvalue weighted by molar-refractivity contribution is 7.98. The van der Waals surface area contributed by atoms with Crippen molar-refractivity contribution in [1.29, 1.82) is 0 Å². The number of benzene rings is 1. The fourth-order valence-electron chi connectivity index (χ4n) is 2.06. The Balaban J connectivity index is 2.01. The Morgan fingerprint density at radius 1 is 1.14 bits per heavy atom. The first-order chi connectivity index (χ1) is 10.2. The summed E-state index contributed by atoms with van der Waals surface area (Å²) in [6.45, 7) is 2.09. The van der Waals surface area contributed by atoms with Crippen molar-refractivity contribution in [2.45, 2.75) is 11.8 Å². The zero-order chi connectivity index (χ0) is 14.8. The van der Waals surface area contributed by atoms with Gasteiger partial charge in [-0.2, -0.15) is 4.98 Å². The van der Waals surface area contributed by atoms with E-state index in [1.165, 1.54) is 9.77 Å². The van der Waals surface area contributed by atoms with E-state index in [0.717, 1.165) is 21.7 Å². The molecule has 0 radical (unpaired) electrons. The van der Waals surface area contributed by atoms with Crippen LogP contribution in [0.1, 0.15) is 4.88 Å². The number of hydrogen-bond donors (Lipinski definition) is 2. The second kappa shape index (κ2) is 5.91. The highest BCUT2D eigenvalue weighted by Crippen LogP contribution is 2.31. The molecule has 0 unspecified atom stereocenters. The SMILES string of the molecule is CNc1nc(Nc2ccc(SC)cc2)c2cc(C)sc2n1. The van der Waals surface area contributed by atoms with Crippen LogP contribution in [-0.4, -0.2) is 23.3 Å². The Bertz CT molecular complexity index is 765. The monoisotopic (exact) mass is 316 g/mol. The summed E-state index contributed by atoms with van der Waals surface area (Å²) in [6, 6.07) is 10.5. The molecule has 0 fully saturated rings. The predicted molar refractivity (Wildman–Crippen MR) is 93.2 cm³/mol. The van der Waals surface area contributed by atoms with Gasteiger partial charge in [0.2, 0.25) is 5.95 Å². The van der Waals surface area contributed by atoms with Crippen LogP contribution in [0.2, 0.25) is 0 Å². The quantitative estimate of drug-likeness (QED) is 0.694. The molecule has 6 heteroatoms. The smallest absolute Gasteiger partial charge is 0.225 e. The summed E-state index contributed by atoms with van der Waals surface area (Å²) in [5, 5.41) is 7.47. The molecular weight excluding hydrogens is 300 g/mol. The minimum absolute atomic E-state index is 0.632. The standard InChI is InChI=1S/C15H16N4S2/c1-9-8-12-13(18-15(16-2)19-14(12)21-9)17-10-4-6-11(20-3)7-5-10/h4-8H,1-3H3,(H2,16,17,18,19). The number of thioether (sulfide) groups is 1. The molecule has 0 aliphatic rings. The molecular formula is C15H16N4S2. The van der Waals surface area contributed by atoms with E-state index < -0.39 is 0 Å². The Morgan fingerprint density at radius 2 is 1.90 bits per heavy atom. The largest absolute Gasteiger partial charge is 0.357 e. The molecule has 0 saturated heterocycles. The first kappa shape index (κ1) is 14.2. The van der Waals surface area contributed by atoms with Crippen LogP contribution in [0.4, 0.5) is 17.5 Å². The number of rotatable bonds is 4. The minimum Gasteiger partial charge on any atom is -0.357 e. The van der Waals surface area contributed by atoms with E-state index in [4.69, 9.17) is 0 Å². The zero-order valence-corrected chi connectivity index (χ0v) is 13.7. The average molecular weight is 316 g/mol. The van der Waals surface area contributed by atoms with Gasteiger partial charge < -0.3 is 10.6 Å². The molecule has 1 aromatic carbocycles. The third-order valence-corrected chi connectivity index (χ3v) is 4.78. The minimum atomic E-state index is 0.632. The van der Waals surface area contributed by atoms with E-state index in [1.807, 2.05) is 7.05 Å². The Hall–Kier alpha value is -1.79. The molecule has 0 atom stereocenters. The second-order valence-corrected chi connectivity index (χ2v) is 6.69. The maximum atomic E-state index is 4.54. The predicted octanol–water partition coefficient (Wildman–Crippen LogP) is 4.51. The van der Waals surface area contributed by atoms with Crippen LogP contribution in [0.25, 0.3) is 10.2 Å². The highest BCUT2D eigenvalue weighted by atomic mass is 32.2. The number of aromatic nitrogens is 2. The van der Waals surface area contributed by atoms with Gasteiger partial charge >= 0.3 is 0 Å². The third kappa shape index (κ3) is 2.96. The molecule has 0 aliphatic heterocycles. The summed E-state index contributed by atoms with van der Waals surface area (Å²) in [4.78, 5) is 12.5. The maximum Gasteiger partial charge on any atom is 0.225 e. The summed E-state index contributed by atoms with van der Waals surface area (Å²) in [5.41, 5.74) is 1.03. The van der Waals surface area contributed by atoms with E-state index in [1.54, 1.807) is 23.1 Å². The molecule has 108 valence electrons. The molecule has 3 aromatic rings. The van der Waals surface area contributed by atoms with Crippen molar-refractivity contribution in [2.24, 2.45) is 0 Å². The zero-order valence-electron chi connectivity index (χ0n) is 12.1. The first-order valence-electron chi connectivity index (χ1n) is 6.56. The Morgan fingerprint density at radius 3 is 2.57 bits per heavy atom. The van der Waals surface area contributed by atoms with Crippen LogP contribution in [0.15, 0.2) is 35.2 Å². The van der Waals surface area contributed by atoms with Crippen molar-refractivity contribution in [1.82, 2.24) is 9.97 Å². The lowest BCUT2D eigenvalue weighted by atomic mass is 10.3. The van der Waals surface area contributed by atoms with Crippen LogP contribution in [0.5, 0.6) is 0 Å². The van der Waals surface area contributed by atoms with Crippen LogP contribution in [0.3, 0.4) is 0 Å². The summed E-state index contributed by atoms with van der Waals surface area (Å²) < 4.78 is 0. The number of thiophene rings is 1. The van der Waals surface area contributed by atoms with Gasteiger partial charge in [0.25, 0.3) is 0 Å². The normalized spacial score (nSPS) is 10.8. The number of hydrogen-bond acceptors (Lipinski definition) is 6. The lowest BCUT2D eigenvalue weighted by molar-refractivity contribution is 1.20. The van der Waals surface area contributed by atoms with Gasteiger partial charge in [0.15, 0.2) is 0 Å². The van der Waals surface area contributed by atoms with E-state index >= 15 is 0 Å². The van der Waals surface area contributed by atoms with Crippen molar-refractivity contribution in [3.63, 3.8) is 0 Å². The Labute approximate surface area is 132 Å². The van der Waals surface area contributed by atoms with Gasteiger partial charge in [0.05, 0.1) is 5.39 Å². The molecule has 2 N–H and O–H groups in total. The summed E-state index contributed by atoms with van der Waals surface area (Å²) in [7, 11) is 1.83. The van der Waals surface area contributed by atoms with Gasteiger partial charge in [0, 0.05) is 22.5 Å². The number of fused-ring (bicyclic) bond motifs is 1. The fourth-order valence-corrected chi connectivity index (χ4v) is 3.35. The first-order valence-corrected chi connectivity index (χ1v) is 8.61. The number of nitrogens with one attached hydrogen (secondary N) is 2. The van der Waals surface area contributed by atoms with E-state index in [9.17, 15) is 0 Å². The van der Waals surface area contributed by atoms with Crippen LogP contribution in [0, 0.1) is 6.92 Å². The molecule has 4 nitrogen and oxygen atoms in total. The van der Waals surface area contributed by atoms with Crippen molar-refractivity contribution in [2.75, 3.05) is 23.9 Å². The summed E-state index contributed by atoms with van der Waals surface area (Å²) in [5.74, 6) is 1.47. The Kier molecular flexibility index (Phi) is 3.98. The molecule has 0 amide bonds. The third-order valence-electron chi connectivity index (χ3n) is 3.09. The number of nitrogens with zero attached hydrogens (tertiary/aromatic N) is 2. The lowest BCUT2D eigenvalue weighted by Crippen LogP contribution is -2.00. The van der Waals surface area contributed by atoms with Gasteiger partial charge in [-0.3, -0.25) is 0 Å². The van der Waals surface area contributed by atoms with Crippen molar-refractivity contribution in [3.8, 4) is 0 Å². The van der Waals surface area contributed by atoms with Gasteiger partial charge in [-0.05, 0) is 43.5 Å². The van der Waals surface area contributed by atoms with E-state index in [0.29, 0.717) is 5.95 Å². The summed E-state index contributed by atoms with van der Waals surface area (Å²) >= 11 is 3.41. The van der Waals surface area contributed by atoms with Gasteiger partial charge in [-0.15, -0.1) is 23.1 Å². The lowest BCUT2D eigenvalue weighted by Gasteiger charge is -2.09. The van der Waals surface area contributed by atoms with Crippen LogP contribution >= 0.6 is 23.1 Å². The fraction of sp³-hybridized carbons (Fsp3) is 0.200. The maximum absolute atomic E-state index is 4.54.